The van der Waals surface area contributed by atoms with Gasteiger partial charge in [-0.25, -0.2) is 8.78 Å². The molecule has 1 aromatic carbocycles. The van der Waals surface area contributed by atoms with Crippen LogP contribution in [0, 0.1) is 0 Å². The van der Waals surface area contributed by atoms with Crippen molar-refractivity contribution in [3.05, 3.63) is 34.9 Å². The molecule has 0 unspecified atom stereocenters. The van der Waals surface area contributed by atoms with Crippen molar-refractivity contribution in [1.82, 2.24) is 10.2 Å². The molecule has 2 fully saturated rings. The van der Waals surface area contributed by atoms with Crippen LogP contribution in [0.15, 0.2) is 18.2 Å². The molecule has 5 nitrogen and oxygen atoms in total. The van der Waals surface area contributed by atoms with Gasteiger partial charge < -0.3 is 15.2 Å². The number of hydrogen-bond acceptors (Lipinski definition) is 5. The number of phenolic OH excluding ortho intramolecular Hbond substituents is 1. The van der Waals surface area contributed by atoms with Crippen molar-refractivity contribution in [2.24, 2.45) is 0 Å². The van der Waals surface area contributed by atoms with Crippen LogP contribution in [0.25, 0.3) is 11.3 Å². The summed E-state index contributed by atoms with van der Waals surface area (Å²) >= 11 is 0. The van der Waals surface area contributed by atoms with Gasteiger partial charge in [-0.3, -0.25) is 0 Å². The molecule has 0 radical (unpaired) electrons. The average Bonchev–Trinajstić information content (AvgIpc) is 3.34. The Bertz CT molecular complexity index is 1040. The van der Waals surface area contributed by atoms with E-state index in [1.165, 1.54) is 6.07 Å². The van der Waals surface area contributed by atoms with Crippen molar-refractivity contribution >= 4 is 5.82 Å². The van der Waals surface area contributed by atoms with Gasteiger partial charge in [0.05, 0.1) is 17.8 Å². The Hall–Kier alpha value is -2.49. The molecule has 2 aliphatic carbocycles. The van der Waals surface area contributed by atoms with E-state index in [9.17, 15) is 27.1 Å². The molecule has 31 heavy (non-hydrogen) atoms. The van der Waals surface area contributed by atoms with Crippen LogP contribution < -0.4 is 5.32 Å². The first-order chi connectivity index (χ1) is 14.6. The highest BCUT2D eigenvalue weighted by molar-refractivity contribution is 5.73. The number of halogens is 5. The summed E-state index contributed by atoms with van der Waals surface area (Å²) in [5.74, 6) is -2.91. The Morgan fingerprint density at radius 2 is 1.87 bits per heavy atom. The van der Waals surface area contributed by atoms with E-state index in [0.29, 0.717) is 30.3 Å². The van der Waals surface area contributed by atoms with E-state index >= 15 is 0 Å². The lowest BCUT2D eigenvalue weighted by Crippen LogP contribution is -2.28. The Morgan fingerprint density at radius 3 is 2.48 bits per heavy atom. The van der Waals surface area contributed by atoms with Gasteiger partial charge in [0, 0.05) is 36.4 Å². The summed E-state index contributed by atoms with van der Waals surface area (Å²) in [5, 5.41) is 21.7. The van der Waals surface area contributed by atoms with E-state index in [0.717, 1.165) is 24.5 Å². The van der Waals surface area contributed by atoms with Crippen LogP contribution in [0.2, 0.25) is 0 Å². The van der Waals surface area contributed by atoms with E-state index in [1.54, 1.807) is 0 Å². The molecule has 10 heteroatoms. The maximum atomic E-state index is 13.6. The van der Waals surface area contributed by atoms with Crippen LogP contribution in [0.5, 0.6) is 5.75 Å². The Kier molecular flexibility index (Phi) is 4.45. The molecule has 166 valence electrons. The van der Waals surface area contributed by atoms with E-state index in [4.69, 9.17) is 4.74 Å². The summed E-state index contributed by atoms with van der Waals surface area (Å²) < 4.78 is 72.0. The zero-order chi connectivity index (χ0) is 22.0. The fraction of sp³-hybridized carbons (Fsp3) is 0.524. The monoisotopic (exact) mass is 441 g/mol. The molecule has 0 saturated heterocycles. The number of benzene rings is 1. The Labute approximate surface area is 174 Å². The summed E-state index contributed by atoms with van der Waals surface area (Å²) in [5.41, 5.74) is 0.520. The number of rotatable bonds is 3. The summed E-state index contributed by atoms with van der Waals surface area (Å²) in [7, 11) is 0. The zero-order valence-corrected chi connectivity index (χ0v) is 16.4. The number of aromatic hydroxyl groups is 1. The Balaban J connectivity index is 1.53. The van der Waals surface area contributed by atoms with Crippen molar-refractivity contribution in [3.8, 4) is 17.0 Å². The third kappa shape index (κ3) is 3.81. The van der Waals surface area contributed by atoms with Crippen LogP contribution in [0.3, 0.4) is 0 Å². The van der Waals surface area contributed by atoms with Crippen molar-refractivity contribution in [2.45, 2.75) is 68.9 Å². The van der Waals surface area contributed by atoms with Crippen molar-refractivity contribution in [2.75, 3.05) is 5.32 Å². The van der Waals surface area contributed by atoms with Gasteiger partial charge in [0.15, 0.2) is 5.82 Å². The molecule has 2 aromatic rings. The largest absolute Gasteiger partial charge is 0.507 e. The maximum absolute atomic E-state index is 13.6. The normalized spacial score (nSPS) is 23.6. The standard InChI is InChI=1S/C21H20F5N3O2/c22-20(23)4-3-12(8-20)27-18-15-10-31-19(5-6-19)9-14(15)17(28-29-18)13-2-1-11(7-16(13)30)21(24,25)26/h1-2,7,12,30H,3-6,8-10H2,(H,27,29)/t12-/m0/s1. The molecule has 2 saturated carbocycles. The third-order valence-corrected chi connectivity index (χ3v) is 6.34. The van der Waals surface area contributed by atoms with Crippen molar-refractivity contribution in [1.29, 1.82) is 0 Å². The van der Waals surface area contributed by atoms with Crippen LogP contribution in [-0.2, 0) is 23.9 Å². The van der Waals surface area contributed by atoms with Gasteiger partial charge in [-0.2, -0.15) is 13.2 Å². The number of ether oxygens (including phenoxy) is 1. The van der Waals surface area contributed by atoms with Gasteiger partial charge in [0.2, 0.25) is 5.92 Å². The topological polar surface area (TPSA) is 67.3 Å². The van der Waals surface area contributed by atoms with Gasteiger partial charge in [0.1, 0.15) is 11.4 Å². The van der Waals surface area contributed by atoms with Gasteiger partial charge >= 0.3 is 6.18 Å². The number of nitrogens with one attached hydrogen (secondary N) is 1. The lowest BCUT2D eigenvalue weighted by Gasteiger charge is -2.29. The fourth-order valence-corrected chi connectivity index (χ4v) is 4.42. The maximum Gasteiger partial charge on any atom is 0.416 e. The van der Waals surface area contributed by atoms with Crippen LogP contribution in [0.4, 0.5) is 27.8 Å². The molecule has 3 aliphatic rings. The van der Waals surface area contributed by atoms with Crippen molar-refractivity contribution in [3.63, 3.8) is 0 Å². The summed E-state index contributed by atoms with van der Waals surface area (Å²) in [6, 6.07) is 2.29. The van der Waals surface area contributed by atoms with E-state index < -0.39 is 29.5 Å². The van der Waals surface area contributed by atoms with E-state index in [2.05, 4.69) is 15.5 Å². The highest BCUT2D eigenvalue weighted by Crippen LogP contribution is 2.50. The average molecular weight is 441 g/mol. The minimum atomic E-state index is -4.58. The van der Waals surface area contributed by atoms with Gasteiger partial charge in [-0.15, -0.1) is 10.2 Å². The molecule has 0 bridgehead atoms. The van der Waals surface area contributed by atoms with Gasteiger partial charge in [0.25, 0.3) is 0 Å². The number of aromatic nitrogens is 2. The van der Waals surface area contributed by atoms with Crippen molar-refractivity contribution < 1.29 is 31.8 Å². The molecular weight excluding hydrogens is 421 g/mol. The minimum absolute atomic E-state index is 0.147. The first-order valence-corrected chi connectivity index (χ1v) is 10.1. The van der Waals surface area contributed by atoms with Crippen LogP contribution in [-0.4, -0.2) is 32.9 Å². The smallest absolute Gasteiger partial charge is 0.416 e. The predicted molar refractivity (Wildman–Crippen MR) is 101 cm³/mol. The first-order valence-electron chi connectivity index (χ1n) is 10.1. The Morgan fingerprint density at radius 1 is 1.10 bits per heavy atom. The molecule has 1 aromatic heterocycles. The van der Waals surface area contributed by atoms with Crippen LogP contribution >= 0.6 is 0 Å². The number of hydrogen-bond donors (Lipinski definition) is 2. The number of phenols is 1. The third-order valence-electron chi connectivity index (χ3n) is 6.34. The number of anilines is 1. The zero-order valence-electron chi connectivity index (χ0n) is 16.4. The molecule has 1 aliphatic heterocycles. The first kappa shape index (κ1) is 20.4. The molecule has 1 spiro atoms. The number of alkyl halides is 5. The highest BCUT2D eigenvalue weighted by atomic mass is 19.4. The SMILES string of the molecule is Oc1cc(C(F)(F)F)ccc1-c1nnc(N[C@H]2CCC(F)(F)C2)c2c1CC1(CC1)OC2. The minimum Gasteiger partial charge on any atom is -0.507 e. The number of nitrogens with zero attached hydrogens (tertiary/aromatic N) is 2. The fourth-order valence-electron chi connectivity index (χ4n) is 4.42. The molecule has 2 heterocycles. The summed E-state index contributed by atoms with van der Waals surface area (Å²) in [6.07, 6.45) is -2.59. The van der Waals surface area contributed by atoms with E-state index in [-0.39, 0.29) is 36.3 Å². The molecule has 5 rings (SSSR count). The summed E-state index contributed by atoms with van der Waals surface area (Å²) in [6.45, 7) is 0.199. The lowest BCUT2D eigenvalue weighted by atomic mass is 9.93. The van der Waals surface area contributed by atoms with Gasteiger partial charge in [-0.1, -0.05) is 0 Å². The molecule has 2 N–H and O–H groups in total. The van der Waals surface area contributed by atoms with Gasteiger partial charge in [-0.05, 0) is 43.0 Å². The predicted octanol–water partition coefficient (Wildman–Crippen LogP) is 5.07. The summed E-state index contributed by atoms with van der Waals surface area (Å²) in [4.78, 5) is 0. The van der Waals surface area contributed by atoms with E-state index in [1.807, 2.05) is 0 Å². The molecule has 1 atom stereocenters. The lowest BCUT2D eigenvalue weighted by molar-refractivity contribution is -0.137. The second-order valence-electron chi connectivity index (χ2n) is 8.67. The number of fused-ring (bicyclic) bond motifs is 1. The molecular formula is C21H20F5N3O2. The second kappa shape index (κ2) is 6.75. The molecule has 0 amide bonds. The highest BCUT2D eigenvalue weighted by Gasteiger charge is 2.48. The van der Waals surface area contributed by atoms with Crippen LogP contribution in [0.1, 0.15) is 48.8 Å². The quantitative estimate of drug-likeness (QED) is 0.651. The second-order valence-corrected chi connectivity index (χ2v) is 8.67.